The minimum absolute atomic E-state index is 0. The topological polar surface area (TPSA) is 102 Å². The first-order valence-corrected chi connectivity index (χ1v) is 5.82. The summed E-state index contributed by atoms with van der Waals surface area (Å²) in [6.07, 6.45) is 0.0724. The fourth-order valence-corrected chi connectivity index (χ4v) is 1.14. The van der Waals surface area contributed by atoms with Gasteiger partial charge >= 0.3 is 47.5 Å². The molecule has 20 heavy (non-hydrogen) atoms. The van der Waals surface area contributed by atoms with Gasteiger partial charge in [-0.1, -0.05) is 0 Å². The van der Waals surface area contributed by atoms with Gasteiger partial charge < -0.3 is 19.9 Å². The van der Waals surface area contributed by atoms with E-state index >= 15 is 0 Å². The van der Waals surface area contributed by atoms with Crippen molar-refractivity contribution in [2.24, 2.45) is 0 Å². The van der Waals surface area contributed by atoms with Crippen molar-refractivity contribution in [3.63, 3.8) is 0 Å². The van der Waals surface area contributed by atoms with Crippen molar-refractivity contribution in [3.05, 3.63) is 11.8 Å². The molecule has 0 aliphatic rings. The number of ether oxygens (including phenoxy) is 2. The van der Waals surface area contributed by atoms with Gasteiger partial charge in [-0.2, -0.15) is 0 Å². The van der Waals surface area contributed by atoms with Crippen LogP contribution in [0.3, 0.4) is 0 Å². The molecule has 8 heteroatoms. The van der Waals surface area contributed by atoms with Crippen molar-refractivity contribution in [1.29, 1.82) is 0 Å². The molecule has 110 valence electrons. The Balaban J connectivity index is 0. The number of rotatable bonds is 7. The van der Waals surface area contributed by atoms with Crippen LogP contribution in [0.2, 0.25) is 0 Å². The van der Waals surface area contributed by atoms with Crippen LogP contribution in [0.1, 0.15) is 27.7 Å². The predicted molar refractivity (Wildman–Crippen MR) is 73.3 cm³/mol. The standard InChI is InChI=1S/C12H19NO6.Na.H/c1-5-18-12(17)9(4)19-10(14)6-7(2)13-8(3)11(15)16;;/h6,8-9,13H,5H2,1-4H3,(H,15,16);;/b7-6+;;/t8-,9?;;/m0../s1. The molecule has 0 aromatic rings. The predicted octanol–water partition coefficient (Wildman–Crippen LogP) is -0.201. The van der Waals surface area contributed by atoms with E-state index in [9.17, 15) is 14.4 Å². The molecule has 0 aromatic carbocycles. The molecule has 0 aliphatic heterocycles. The zero-order chi connectivity index (χ0) is 15.0. The zero-order valence-electron chi connectivity index (χ0n) is 11.4. The molecule has 0 heterocycles. The Bertz CT molecular complexity index is 382. The van der Waals surface area contributed by atoms with E-state index in [-0.39, 0.29) is 36.2 Å². The van der Waals surface area contributed by atoms with Gasteiger partial charge in [0.25, 0.3) is 0 Å². The summed E-state index contributed by atoms with van der Waals surface area (Å²) in [5.74, 6) is -2.42. The van der Waals surface area contributed by atoms with Crippen LogP contribution in [0.4, 0.5) is 0 Å². The molecule has 0 amide bonds. The fourth-order valence-electron chi connectivity index (χ4n) is 1.14. The summed E-state index contributed by atoms with van der Waals surface area (Å²) < 4.78 is 9.48. The van der Waals surface area contributed by atoms with Gasteiger partial charge in [0.2, 0.25) is 0 Å². The van der Waals surface area contributed by atoms with E-state index in [1.165, 1.54) is 20.8 Å². The number of hydrogen-bond acceptors (Lipinski definition) is 6. The quantitative estimate of drug-likeness (QED) is 0.381. The third-order valence-electron chi connectivity index (χ3n) is 2.06. The molecule has 0 fully saturated rings. The third kappa shape index (κ3) is 8.95. The molecule has 0 saturated carbocycles. The zero-order valence-corrected chi connectivity index (χ0v) is 11.4. The number of carbonyl (C=O) groups excluding carboxylic acids is 2. The molecular weight excluding hydrogens is 277 g/mol. The Morgan fingerprint density at radius 2 is 1.85 bits per heavy atom. The van der Waals surface area contributed by atoms with Crippen LogP contribution in [0.25, 0.3) is 0 Å². The van der Waals surface area contributed by atoms with Crippen LogP contribution in [0, 0.1) is 0 Å². The van der Waals surface area contributed by atoms with Crippen LogP contribution in [0.15, 0.2) is 11.8 Å². The van der Waals surface area contributed by atoms with Crippen molar-refractivity contribution in [2.75, 3.05) is 6.61 Å². The maximum absolute atomic E-state index is 11.4. The van der Waals surface area contributed by atoms with E-state index in [1.54, 1.807) is 6.92 Å². The summed E-state index contributed by atoms with van der Waals surface area (Å²) in [6.45, 7) is 6.20. The summed E-state index contributed by atoms with van der Waals surface area (Å²) in [6, 6.07) is -0.827. The van der Waals surface area contributed by atoms with Crippen LogP contribution >= 0.6 is 0 Å². The third-order valence-corrected chi connectivity index (χ3v) is 2.06. The molecule has 0 saturated heterocycles. The molecule has 0 bridgehead atoms. The molecule has 2 N–H and O–H groups in total. The Hall–Kier alpha value is -1.05. The second-order valence-electron chi connectivity index (χ2n) is 3.86. The summed E-state index contributed by atoms with van der Waals surface area (Å²) in [4.78, 5) is 33.2. The maximum atomic E-state index is 11.4. The first kappa shape index (κ1) is 21.3. The van der Waals surface area contributed by atoms with Gasteiger partial charge in [0.1, 0.15) is 6.04 Å². The molecule has 0 aliphatic carbocycles. The van der Waals surface area contributed by atoms with Crippen LogP contribution in [0.5, 0.6) is 0 Å². The monoisotopic (exact) mass is 297 g/mol. The van der Waals surface area contributed by atoms with E-state index in [4.69, 9.17) is 9.84 Å². The van der Waals surface area contributed by atoms with Gasteiger partial charge in [0.15, 0.2) is 6.10 Å². The second kappa shape index (κ2) is 10.7. The van der Waals surface area contributed by atoms with E-state index in [0.29, 0.717) is 5.70 Å². The molecule has 7 nitrogen and oxygen atoms in total. The van der Waals surface area contributed by atoms with E-state index < -0.39 is 30.1 Å². The number of carboxylic acids is 1. The molecule has 0 spiro atoms. The Labute approximate surface area is 140 Å². The van der Waals surface area contributed by atoms with Crippen LogP contribution in [-0.4, -0.2) is 71.3 Å². The summed E-state index contributed by atoms with van der Waals surface area (Å²) in [5.41, 5.74) is 0.330. The average Bonchev–Trinajstić information content (AvgIpc) is 2.28. The van der Waals surface area contributed by atoms with Crippen LogP contribution < -0.4 is 5.32 Å². The van der Waals surface area contributed by atoms with Crippen LogP contribution in [-0.2, 0) is 23.9 Å². The number of nitrogens with one attached hydrogen (secondary N) is 1. The number of carboxylic acid groups (broad SMARTS) is 1. The molecule has 1 unspecified atom stereocenters. The van der Waals surface area contributed by atoms with Gasteiger partial charge in [-0.15, -0.1) is 0 Å². The molecule has 0 radical (unpaired) electrons. The number of aliphatic carboxylic acids is 1. The molecule has 2 atom stereocenters. The van der Waals surface area contributed by atoms with Crippen molar-refractivity contribution in [2.45, 2.75) is 39.8 Å². The normalized spacial score (nSPS) is 13.5. The van der Waals surface area contributed by atoms with Gasteiger partial charge in [-0.3, -0.25) is 4.79 Å². The summed E-state index contributed by atoms with van der Waals surface area (Å²) in [7, 11) is 0. The van der Waals surface area contributed by atoms with Crippen molar-refractivity contribution in [1.82, 2.24) is 5.32 Å². The first-order valence-electron chi connectivity index (χ1n) is 5.82. The van der Waals surface area contributed by atoms with Crippen molar-refractivity contribution >= 4 is 47.5 Å². The summed E-state index contributed by atoms with van der Waals surface area (Å²) in [5, 5.41) is 11.3. The van der Waals surface area contributed by atoms with Gasteiger partial charge in [0, 0.05) is 11.8 Å². The Morgan fingerprint density at radius 3 is 2.30 bits per heavy atom. The van der Waals surface area contributed by atoms with Crippen molar-refractivity contribution in [3.8, 4) is 0 Å². The second-order valence-corrected chi connectivity index (χ2v) is 3.86. The molecule has 0 aromatic heterocycles. The minimum atomic E-state index is -1.04. The summed E-state index contributed by atoms with van der Waals surface area (Å²) >= 11 is 0. The first-order chi connectivity index (χ1) is 8.77. The fraction of sp³-hybridized carbons (Fsp3) is 0.583. The van der Waals surface area contributed by atoms with E-state index in [0.717, 1.165) is 6.08 Å². The van der Waals surface area contributed by atoms with E-state index in [2.05, 4.69) is 10.1 Å². The SMILES string of the molecule is CCOC(=O)C(C)OC(=O)/C=C(\C)N[C@@H](C)C(=O)O.[NaH]. The molecule has 0 rings (SSSR count). The van der Waals surface area contributed by atoms with Gasteiger partial charge in [-0.25, -0.2) is 9.59 Å². The van der Waals surface area contributed by atoms with Gasteiger partial charge in [-0.05, 0) is 27.7 Å². The number of hydrogen-bond donors (Lipinski definition) is 2. The number of allylic oxidation sites excluding steroid dienone is 1. The number of carbonyl (C=O) groups is 3. The van der Waals surface area contributed by atoms with E-state index in [1.807, 2.05) is 0 Å². The molecular formula is C12H20NNaO6. The Kier molecular flexibility index (Phi) is 11.4. The van der Waals surface area contributed by atoms with Gasteiger partial charge in [0.05, 0.1) is 6.61 Å². The van der Waals surface area contributed by atoms with Crippen molar-refractivity contribution < 1.29 is 29.0 Å². The Morgan fingerprint density at radius 1 is 1.30 bits per heavy atom. The number of esters is 2. The average molecular weight is 297 g/mol.